The van der Waals surface area contributed by atoms with Crippen molar-refractivity contribution in [3.05, 3.63) is 10.8 Å². The summed E-state index contributed by atoms with van der Waals surface area (Å²) in [7, 11) is 0. The van der Waals surface area contributed by atoms with Crippen LogP contribution in [0.15, 0.2) is 10.8 Å². The molecule has 108 valence electrons. The number of anilines is 2. The highest BCUT2D eigenvalue weighted by atomic mass is 79.9. The molecule has 0 saturated carbocycles. The first-order chi connectivity index (χ1) is 9.19. The first-order valence-corrected chi connectivity index (χ1v) is 7.99. The highest BCUT2D eigenvalue weighted by Gasteiger charge is 2.10. The van der Waals surface area contributed by atoms with Crippen LogP contribution in [0.25, 0.3) is 0 Å². The predicted molar refractivity (Wildman–Crippen MR) is 85.7 cm³/mol. The average molecular weight is 329 g/mol. The number of halogens is 1. The zero-order valence-corrected chi connectivity index (χ0v) is 13.8. The Bertz CT molecular complexity index is 370. The van der Waals surface area contributed by atoms with E-state index in [1.165, 1.54) is 32.1 Å². The second-order valence-electron chi connectivity index (χ2n) is 4.81. The number of nitrogens with zero attached hydrogens (tertiary/aromatic N) is 2. The molecule has 2 N–H and O–H groups in total. The van der Waals surface area contributed by atoms with Crippen LogP contribution in [0, 0.1) is 0 Å². The smallest absolute Gasteiger partial charge is 0.146 e. The molecule has 5 heteroatoms. The van der Waals surface area contributed by atoms with Crippen molar-refractivity contribution >= 4 is 27.6 Å². The van der Waals surface area contributed by atoms with Crippen LogP contribution >= 0.6 is 15.9 Å². The van der Waals surface area contributed by atoms with E-state index in [1.54, 1.807) is 6.33 Å². The van der Waals surface area contributed by atoms with Gasteiger partial charge in [0.15, 0.2) is 0 Å². The minimum atomic E-state index is 0.428. The van der Waals surface area contributed by atoms with E-state index in [0.29, 0.717) is 6.04 Å². The van der Waals surface area contributed by atoms with Gasteiger partial charge in [-0.05, 0) is 36.2 Å². The summed E-state index contributed by atoms with van der Waals surface area (Å²) in [5, 5.41) is 6.66. The fraction of sp³-hybridized carbons (Fsp3) is 0.714. The maximum Gasteiger partial charge on any atom is 0.146 e. The van der Waals surface area contributed by atoms with Crippen LogP contribution in [0.2, 0.25) is 0 Å². The molecule has 0 aromatic carbocycles. The minimum Gasteiger partial charge on any atom is -0.369 e. The van der Waals surface area contributed by atoms with E-state index in [1.807, 2.05) is 0 Å². The molecule has 1 heterocycles. The first kappa shape index (κ1) is 16.2. The van der Waals surface area contributed by atoms with Gasteiger partial charge in [0.2, 0.25) is 0 Å². The number of unbranched alkanes of at least 4 members (excludes halogenated alkanes) is 3. The van der Waals surface area contributed by atoms with Crippen molar-refractivity contribution in [3.63, 3.8) is 0 Å². The summed E-state index contributed by atoms with van der Waals surface area (Å²) >= 11 is 3.55. The van der Waals surface area contributed by atoms with Crippen LogP contribution in [0.3, 0.4) is 0 Å². The Morgan fingerprint density at radius 3 is 2.58 bits per heavy atom. The Morgan fingerprint density at radius 2 is 1.89 bits per heavy atom. The van der Waals surface area contributed by atoms with E-state index >= 15 is 0 Å². The van der Waals surface area contributed by atoms with Crippen LogP contribution in [0.1, 0.15) is 52.9 Å². The summed E-state index contributed by atoms with van der Waals surface area (Å²) in [5.74, 6) is 1.71. The largest absolute Gasteiger partial charge is 0.369 e. The number of rotatable bonds is 9. The van der Waals surface area contributed by atoms with Gasteiger partial charge in [-0.15, -0.1) is 0 Å². The molecule has 0 radical (unpaired) electrons. The van der Waals surface area contributed by atoms with Crippen molar-refractivity contribution in [3.8, 4) is 0 Å². The summed E-state index contributed by atoms with van der Waals surface area (Å²) in [5.41, 5.74) is 0. The van der Waals surface area contributed by atoms with Crippen molar-refractivity contribution in [2.75, 3.05) is 17.2 Å². The van der Waals surface area contributed by atoms with Crippen LogP contribution in [-0.4, -0.2) is 22.6 Å². The fourth-order valence-electron chi connectivity index (χ4n) is 1.94. The van der Waals surface area contributed by atoms with Gasteiger partial charge >= 0.3 is 0 Å². The number of hydrogen-bond acceptors (Lipinski definition) is 4. The zero-order chi connectivity index (χ0) is 14.1. The van der Waals surface area contributed by atoms with Crippen molar-refractivity contribution in [2.45, 2.75) is 58.9 Å². The molecule has 19 heavy (non-hydrogen) atoms. The molecule has 0 spiro atoms. The number of aromatic nitrogens is 2. The molecule has 1 aromatic heterocycles. The standard InChI is InChI=1S/C14H25BrN4/c1-4-6-7-8-9-11(3)19-14-12(15)13(16-5-2)17-10-18-14/h10-11H,4-9H2,1-3H3,(H2,16,17,18,19). The zero-order valence-electron chi connectivity index (χ0n) is 12.2. The van der Waals surface area contributed by atoms with Gasteiger partial charge in [0.25, 0.3) is 0 Å². The normalized spacial score (nSPS) is 12.2. The fourth-order valence-corrected chi connectivity index (χ4v) is 2.40. The van der Waals surface area contributed by atoms with Crippen LogP contribution in [-0.2, 0) is 0 Å². The maximum absolute atomic E-state index is 4.30. The van der Waals surface area contributed by atoms with E-state index in [0.717, 1.165) is 22.7 Å². The lowest BCUT2D eigenvalue weighted by atomic mass is 10.1. The molecule has 1 rings (SSSR count). The van der Waals surface area contributed by atoms with E-state index in [9.17, 15) is 0 Å². The molecule has 1 atom stereocenters. The molecule has 0 aliphatic heterocycles. The Kier molecular flexibility index (Phi) is 7.79. The monoisotopic (exact) mass is 328 g/mol. The molecule has 0 aliphatic carbocycles. The lowest BCUT2D eigenvalue weighted by Gasteiger charge is -2.16. The molecule has 0 amide bonds. The second kappa shape index (κ2) is 9.13. The van der Waals surface area contributed by atoms with Gasteiger partial charge < -0.3 is 10.6 Å². The second-order valence-corrected chi connectivity index (χ2v) is 5.60. The van der Waals surface area contributed by atoms with Gasteiger partial charge in [-0.1, -0.05) is 32.6 Å². The Morgan fingerprint density at radius 1 is 1.16 bits per heavy atom. The quantitative estimate of drug-likeness (QED) is 0.658. The molecule has 4 nitrogen and oxygen atoms in total. The molecular weight excluding hydrogens is 304 g/mol. The molecule has 0 fully saturated rings. The summed E-state index contributed by atoms with van der Waals surface area (Å²) in [4.78, 5) is 8.51. The summed E-state index contributed by atoms with van der Waals surface area (Å²) in [6.45, 7) is 7.34. The molecule has 1 aromatic rings. The van der Waals surface area contributed by atoms with Crippen LogP contribution in [0.4, 0.5) is 11.6 Å². The maximum atomic E-state index is 4.30. The van der Waals surface area contributed by atoms with E-state index < -0.39 is 0 Å². The molecular formula is C14H25BrN4. The SMILES string of the molecule is CCCCCCC(C)Nc1ncnc(NCC)c1Br. The minimum absolute atomic E-state index is 0.428. The Labute approximate surface area is 124 Å². The Balaban J connectivity index is 2.49. The molecule has 0 bridgehead atoms. The van der Waals surface area contributed by atoms with Gasteiger partial charge in [0.05, 0.1) is 0 Å². The van der Waals surface area contributed by atoms with Crippen LogP contribution < -0.4 is 10.6 Å². The Hall–Kier alpha value is -0.840. The third kappa shape index (κ3) is 5.76. The summed E-state index contributed by atoms with van der Waals surface area (Å²) < 4.78 is 0.914. The molecule has 1 unspecified atom stereocenters. The predicted octanol–water partition coefficient (Wildman–Crippen LogP) is 4.44. The van der Waals surface area contributed by atoms with Gasteiger partial charge in [0.1, 0.15) is 22.4 Å². The lowest BCUT2D eigenvalue weighted by Crippen LogP contribution is -2.17. The number of nitrogens with one attached hydrogen (secondary N) is 2. The van der Waals surface area contributed by atoms with Gasteiger partial charge in [0, 0.05) is 12.6 Å². The lowest BCUT2D eigenvalue weighted by molar-refractivity contribution is 0.592. The average Bonchev–Trinajstić information content (AvgIpc) is 2.40. The van der Waals surface area contributed by atoms with Crippen molar-refractivity contribution in [1.29, 1.82) is 0 Å². The van der Waals surface area contributed by atoms with Crippen molar-refractivity contribution in [2.24, 2.45) is 0 Å². The van der Waals surface area contributed by atoms with Gasteiger partial charge in [-0.2, -0.15) is 0 Å². The first-order valence-electron chi connectivity index (χ1n) is 7.19. The van der Waals surface area contributed by atoms with Crippen molar-refractivity contribution < 1.29 is 0 Å². The number of hydrogen-bond donors (Lipinski definition) is 2. The van der Waals surface area contributed by atoms with Crippen molar-refractivity contribution in [1.82, 2.24) is 9.97 Å². The third-order valence-electron chi connectivity index (χ3n) is 3.01. The van der Waals surface area contributed by atoms with E-state index in [4.69, 9.17) is 0 Å². The molecule has 0 aliphatic rings. The third-order valence-corrected chi connectivity index (χ3v) is 3.76. The molecule has 0 saturated heterocycles. The highest BCUT2D eigenvalue weighted by Crippen LogP contribution is 2.27. The summed E-state index contributed by atoms with van der Waals surface area (Å²) in [6.07, 6.45) is 7.96. The highest BCUT2D eigenvalue weighted by molar-refractivity contribution is 9.10. The summed E-state index contributed by atoms with van der Waals surface area (Å²) in [6, 6.07) is 0.428. The van der Waals surface area contributed by atoms with E-state index in [-0.39, 0.29) is 0 Å². The topological polar surface area (TPSA) is 49.8 Å². The van der Waals surface area contributed by atoms with E-state index in [2.05, 4.69) is 57.3 Å². The van der Waals surface area contributed by atoms with Crippen LogP contribution in [0.5, 0.6) is 0 Å². The van der Waals surface area contributed by atoms with Gasteiger partial charge in [-0.3, -0.25) is 0 Å². The van der Waals surface area contributed by atoms with Gasteiger partial charge in [-0.25, -0.2) is 9.97 Å².